The van der Waals surface area contributed by atoms with Crippen molar-refractivity contribution in [2.45, 2.75) is 44.4 Å². The summed E-state index contributed by atoms with van der Waals surface area (Å²) in [7, 11) is 0. The van der Waals surface area contributed by atoms with Gasteiger partial charge in [0, 0.05) is 0 Å². The van der Waals surface area contributed by atoms with Crippen molar-refractivity contribution in [3.63, 3.8) is 0 Å². The predicted octanol–water partition coefficient (Wildman–Crippen LogP) is 5.26. The fourth-order valence-electron chi connectivity index (χ4n) is 3.39. The molecule has 0 heterocycles. The van der Waals surface area contributed by atoms with Crippen molar-refractivity contribution in [1.82, 2.24) is 0 Å². The minimum Gasteiger partial charge on any atom is -0.0616 e. The summed E-state index contributed by atoms with van der Waals surface area (Å²) in [6.07, 6.45) is 7.62. The van der Waals surface area contributed by atoms with Crippen LogP contribution in [0.4, 0.5) is 0 Å². The molecule has 1 aliphatic rings. The zero-order chi connectivity index (χ0) is 12.4. The number of hydrogen-bond acceptors (Lipinski definition) is 0. The summed E-state index contributed by atoms with van der Waals surface area (Å²) in [4.78, 5) is 0. The van der Waals surface area contributed by atoms with Gasteiger partial charge in [-0.15, -0.1) is 0 Å². The molecular formula is C18H21. The molecule has 2 aromatic carbocycles. The standard InChI is InChI=1S/C18H21/c1-2-7-14-12-13-17(15-8-3-4-9-15)18-11-6-5-10-16(14)18/h5-6,10-13,15H,1-4,7-9H2. The van der Waals surface area contributed by atoms with Crippen LogP contribution in [0.2, 0.25) is 0 Å². The molecule has 0 atom stereocenters. The van der Waals surface area contributed by atoms with Crippen LogP contribution in [0.25, 0.3) is 10.8 Å². The van der Waals surface area contributed by atoms with E-state index in [4.69, 9.17) is 0 Å². The highest BCUT2D eigenvalue weighted by atomic mass is 14.2. The molecule has 1 radical (unpaired) electrons. The van der Waals surface area contributed by atoms with E-state index in [1.807, 2.05) is 0 Å². The van der Waals surface area contributed by atoms with Gasteiger partial charge in [0.05, 0.1) is 0 Å². The predicted molar refractivity (Wildman–Crippen MR) is 78.8 cm³/mol. The normalized spacial score (nSPS) is 16.5. The molecule has 3 rings (SSSR count). The monoisotopic (exact) mass is 237 g/mol. The first-order valence-corrected chi connectivity index (χ1v) is 7.20. The minimum absolute atomic E-state index is 0.795. The zero-order valence-electron chi connectivity index (χ0n) is 11.0. The van der Waals surface area contributed by atoms with Crippen molar-refractivity contribution in [2.24, 2.45) is 0 Å². The molecule has 0 unspecified atom stereocenters. The highest BCUT2D eigenvalue weighted by Gasteiger charge is 2.19. The average Bonchev–Trinajstić information content (AvgIpc) is 2.93. The van der Waals surface area contributed by atoms with Crippen molar-refractivity contribution in [2.75, 3.05) is 0 Å². The van der Waals surface area contributed by atoms with Gasteiger partial charge >= 0.3 is 0 Å². The third-order valence-electron chi connectivity index (χ3n) is 4.29. The van der Waals surface area contributed by atoms with Gasteiger partial charge in [0.15, 0.2) is 0 Å². The van der Waals surface area contributed by atoms with Crippen molar-refractivity contribution in [3.8, 4) is 0 Å². The second-order valence-electron chi connectivity index (χ2n) is 5.44. The summed E-state index contributed by atoms with van der Waals surface area (Å²) >= 11 is 0. The first-order valence-electron chi connectivity index (χ1n) is 7.20. The van der Waals surface area contributed by atoms with Crippen LogP contribution in [0.3, 0.4) is 0 Å². The molecule has 93 valence electrons. The van der Waals surface area contributed by atoms with E-state index in [1.54, 1.807) is 5.56 Å². The van der Waals surface area contributed by atoms with Crippen LogP contribution in [0, 0.1) is 6.92 Å². The highest BCUT2D eigenvalue weighted by Crippen LogP contribution is 2.38. The van der Waals surface area contributed by atoms with Crippen LogP contribution < -0.4 is 0 Å². The Hall–Kier alpha value is -1.30. The molecule has 0 aromatic heterocycles. The van der Waals surface area contributed by atoms with E-state index in [1.165, 1.54) is 42.0 Å². The van der Waals surface area contributed by atoms with Gasteiger partial charge < -0.3 is 0 Å². The van der Waals surface area contributed by atoms with Crippen molar-refractivity contribution in [3.05, 3.63) is 54.4 Å². The minimum atomic E-state index is 0.795. The van der Waals surface area contributed by atoms with Gasteiger partial charge in [-0.1, -0.05) is 56.2 Å². The molecule has 0 spiro atoms. The molecular weight excluding hydrogens is 216 g/mol. The molecule has 1 fully saturated rings. The van der Waals surface area contributed by atoms with E-state index in [9.17, 15) is 0 Å². The van der Waals surface area contributed by atoms with Gasteiger partial charge in [-0.2, -0.15) is 0 Å². The smallest absolute Gasteiger partial charge is 0.0146 e. The van der Waals surface area contributed by atoms with Crippen molar-refractivity contribution < 1.29 is 0 Å². The summed E-state index contributed by atoms with van der Waals surface area (Å²) in [5.74, 6) is 0.795. The molecule has 18 heavy (non-hydrogen) atoms. The lowest BCUT2D eigenvalue weighted by atomic mass is 9.89. The maximum Gasteiger partial charge on any atom is -0.0146 e. The molecule has 0 N–H and O–H groups in total. The summed E-state index contributed by atoms with van der Waals surface area (Å²) in [5.41, 5.74) is 3.04. The molecule has 0 nitrogen and oxygen atoms in total. The van der Waals surface area contributed by atoms with Crippen molar-refractivity contribution >= 4 is 10.8 Å². The number of benzene rings is 2. The average molecular weight is 237 g/mol. The molecule has 0 bridgehead atoms. The molecule has 2 aromatic rings. The topological polar surface area (TPSA) is 0 Å². The van der Waals surface area contributed by atoms with Crippen LogP contribution >= 0.6 is 0 Å². The van der Waals surface area contributed by atoms with Crippen LogP contribution in [0.1, 0.15) is 49.1 Å². The van der Waals surface area contributed by atoms with Gasteiger partial charge in [0.25, 0.3) is 0 Å². The Labute approximate surface area is 110 Å². The third-order valence-corrected chi connectivity index (χ3v) is 4.29. The highest BCUT2D eigenvalue weighted by molar-refractivity contribution is 5.89. The molecule has 0 heteroatoms. The van der Waals surface area contributed by atoms with Crippen LogP contribution in [-0.2, 0) is 6.42 Å². The Morgan fingerprint density at radius 1 is 0.944 bits per heavy atom. The Bertz CT molecular complexity index is 533. The maximum absolute atomic E-state index is 3.99. The second kappa shape index (κ2) is 5.14. The quantitative estimate of drug-likeness (QED) is 0.682. The fraction of sp³-hybridized carbons (Fsp3) is 0.389. The lowest BCUT2D eigenvalue weighted by molar-refractivity contribution is 0.729. The fourth-order valence-corrected chi connectivity index (χ4v) is 3.39. The SMILES string of the molecule is [CH2]CCc1ccc(C2CCCC2)c2ccccc12. The van der Waals surface area contributed by atoms with Gasteiger partial charge in [0.1, 0.15) is 0 Å². The van der Waals surface area contributed by atoms with Crippen LogP contribution in [0.15, 0.2) is 36.4 Å². The first kappa shape index (κ1) is 11.8. The Balaban J connectivity index is 2.13. The number of rotatable bonds is 3. The Morgan fingerprint density at radius 3 is 2.39 bits per heavy atom. The lowest BCUT2D eigenvalue weighted by Crippen LogP contribution is -1.96. The van der Waals surface area contributed by atoms with E-state index in [0.717, 1.165) is 18.8 Å². The second-order valence-corrected chi connectivity index (χ2v) is 5.44. The summed E-state index contributed by atoms with van der Waals surface area (Å²) < 4.78 is 0. The van der Waals surface area contributed by atoms with Gasteiger partial charge in [-0.25, -0.2) is 0 Å². The van der Waals surface area contributed by atoms with Crippen LogP contribution in [0.5, 0.6) is 0 Å². The Morgan fingerprint density at radius 2 is 1.67 bits per heavy atom. The summed E-state index contributed by atoms with van der Waals surface area (Å²) in [6.45, 7) is 3.99. The van der Waals surface area contributed by atoms with Crippen molar-refractivity contribution in [1.29, 1.82) is 0 Å². The number of fused-ring (bicyclic) bond motifs is 1. The molecule has 0 saturated heterocycles. The van der Waals surface area contributed by atoms with E-state index < -0.39 is 0 Å². The van der Waals surface area contributed by atoms with Gasteiger partial charge in [0.2, 0.25) is 0 Å². The van der Waals surface area contributed by atoms with E-state index in [2.05, 4.69) is 43.3 Å². The van der Waals surface area contributed by atoms with Gasteiger partial charge in [-0.05, 0) is 53.5 Å². The van der Waals surface area contributed by atoms with Crippen LogP contribution in [-0.4, -0.2) is 0 Å². The molecule has 1 saturated carbocycles. The van der Waals surface area contributed by atoms with E-state index >= 15 is 0 Å². The molecule has 0 amide bonds. The van der Waals surface area contributed by atoms with E-state index in [-0.39, 0.29) is 0 Å². The van der Waals surface area contributed by atoms with E-state index in [0.29, 0.717) is 0 Å². The third kappa shape index (κ3) is 2.05. The maximum atomic E-state index is 3.99. The Kier molecular flexibility index (Phi) is 3.36. The number of aryl methyl sites for hydroxylation is 1. The zero-order valence-corrected chi connectivity index (χ0v) is 11.0. The first-order chi connectivity index (χ1) is 8.90. The van der Waals surface area contributed by atoms with Gasteiger partial charge in [-0.3, -0.25) is 0 Å². The molecule has 0 aliphatic heterocycles. The molecule has 1 aliphatic carbocycles. The largest absolute Gasteiger partial charge is 0.0616 e. The summed E-state index contributed by atoms with van der Waals surface area (Å²) in [6, 6.07) is 13.6. The summed E-state index contributed by atoms with van der Waals surface area (Å²) in [5, 5.41) is 2.93. The number of hydrogen-bond donors (Lipinski definition) is 0. The lowest BCUT2D eigenvalue weighted by Gasteiger charge is -2.15.